The molecule has 3 atom stereocenters. The Bertz CT molecular complexity index is 1140. The maximum Gasteiger partial charge on any atom is 0.318 e. The van der Waals surface area contributed by atoms with Crippen molar-refractivity contribution < 1.29 is 14.4 Å². The lowest BCUT2D eigenvalue weighted by atomic mass is 9.83. The largest absolute Gasteiger partial charge is 0.326 e. The lowest BCUT2D eigenvalue weighted by Gasteiger charge is -2.43. The smallest absolute Gasteiger partial charge is 0.318 e. The Morgan fingerprint density at radius 3 is 2.26 bits per heavy atom. The number of rotatable bonds is 5. The van der Waals surface area contributed by atoms with Gasteiger partial charge in [-0.3, -0.25) is 14.4 Å². The van der Waals surface area contributed by atoms with Gasteiger partial charge in [-0.25, -0.2) is 4.79 Å². The van der Waals surface area contributed by atoms with E-state index < -0.39 is 6.04 Å². The summed E-state index contributed by atoms with van der Waals surface area (Å²) in [6.07, 6.45) is 0.954. The van der Waals surface area contributed by atoms with Crippen molar-refractivity contribution in [1.82, 2.24) is 14.8 Å². The van der Waals surface area contributed by atoms with Crippen LogP contribution in [0.15, 0.2) is 47.3 Å². The van der Waals surface area contributed by atoms with Crippen molar-refractivity contribution in [1.29, 1.82) is 0 Å². The number of carbonyl (C=O) groups is 3. The van der Waals surface area contributed by atoms with E-state index in [4.69, 9.17) is 0 Å². The number of anilines is 2. The van der Waals surface area contributed by atoms with Crippen LogP contribution in [0.5, 0.6) is 0 Å². The third-order valence-electron chi connectivity index (χ3n) is 6.47. The van der Waals surface area contributed by atoms with Crippen LogP contribution in [-0.2, 0) is 16.1 Å². The minimum Gasteiger partial charge on any atom is -0.326 e. The summed E-state index contributed by atoms with van der Waals surface area (Å²) < 4.78 is 1.83. The van der Waals surface area contributed by atoms with Gasteiger partial charge in [0.05, 0.1) is 0 Å². The van der Waals surface area contributed by atoms with Crippen LogP contribution >= 0.6 is 0 Å². The molecule has 2 aliphatic rings. The van der Waals surface area contributed by atoms with Crippen molar-refractivity contribution in [2.75, 3.05) is 23.7 Å². The molecule has 3 N–H and O–H groups in total. The summed E-state index contributed by atoms with van der Waals surface area (Å²) in [7, 11) is 0. The molecule has 2 aliphatic heterocycles. The molecule has 0 unspecified atom stereocenters. The van der Waals surface area contributed by atoms with Gasteiger partial charge in [-0.2, -0.15) is 0 Å². The Morgan fingerprint density at radius 1 is 0.941 bits per heavy atom. The number of urea groups is 1. The van der Waals surface area contributed by atoms with Gasteiger partial charge in [0.2, 0.25) is 11.8 Å². The first-order valence-electron chi connectivity index (χ1n) is 11.6. The van der Waals surface area contributed by atoms with E-state index in [1.807, 2.05) is 24.5 Å². The van der Waals surface area contributed by atoms with E-state index in [2.05, 4.69) is 16.0 Å². The molecule has 0 aliphatic carbocycles. The molecule has 9 heteroatoms. The summed E-state index contributed by atoms with van der Waals surface area (Å²) in [6.45, 7) is 6.89. The second-order valence-electron chi connectivity index (χ2n) is 9.52. The molecule has 1 fully saturated rings. The van der Waals surface area contributed by atoms with Crippen LogP contribution < -0.4 is 21.5 Å². The van der Waals surface area contributed by atoms with Crippen molar-refractivity contribution in [2.24, 2.45) is 11.8 Å². The standard InChI is InChI=1S/C25H31N5O4/c1-15(2)23(24(33)27-20-9-7-19(8-10-20)26-16(3)31)28-25(34)29-12-17-11-18(14-29)21-5-4-6-22(32)30(21)13-17/h4-10,15,17-18,23H,11-14H2,1-3H3,(H,26,31)(H,27,33)(H,28,34)/t17-,18+,23-/m0/s1. The molecular formula is C25H31N5O4. The highest BCUT2D eigenvalue weighted by Crippen LogP contribution is 2.35. The molecule has 180 valence electrons. The van der Waals surface area contributed by atoms with Gasteiger partial charge in [-0.15, -0.1) is 0 Å². The Kier molecular flexibility index (Phi) is 6.72. The normalized spacial score (nSPS) is 19.7. The van der Waals surface area contributed by atoms with E-state index in [1.54, 1.807) is 41.3 Å². The molecule has 0 spiro atoms. The van der Waals surface area contributed by atoms with E-state index in [9.17, 15) is 19.2 Å². The predicted molar refractivity (Wildman–Crippen MR) is 130 cm³/mol. The monoisotopic (exact) mass is 465 g/mol. The molecule has 2 bridgehead atoms. The predicted octanol–water partition coefficient (Wildman–Crippen LogP) is 2.60. The quantitative estimate of drug-likeness (QED) is 0.630. The van der Waals surface area contributed by atoms with Crippen LogP contribution in [0.1, 0.15) is 38.8 Å². The van der Waals surface area contributed by atoms with Crippen molar-refractivity contribution in [3.8, 4) is 0 Å². The zero-order chi connectivity index (χ0) is 24.4. The summed E-state index contributed by atoms with van der Waals surface area (Å²) in [4.78, 5) is 51.3. The molecular weight excluding hydrogens is 434 g/mol. The van der Waals surface area contributed by atoms with Crippen molar-refractivity contribution in [3.05, 3.63) is 58.5 Å². The number of nitrogens with zero attached hydrogens (tertiary/aromatic N) is 2. The fourth-order valence-electron chi connectivity index (χ4n) is 4.88. The number of nitrogens with one attached hydrogen (secondary N) is 3. The minimum absolute atomic E-state index is 0.00625. The summed E-state index contributed by atoms with van der Waals surface area (Å²) in [5.41, 5.74) is 2.20. The summed E-state index contributed by atoms with van der Waals surface area (Å²) in [5.74, 6) is -0.265. The van der Waals surface area contributed by atoms with Gasteiger partial charge in [-0.05, 0) is 48.6 Å². The van der Waals surface area contributed by atoms with Gasteiger partial charge >= 0.3 is 6.03 Å². The zero-order valence-corrected chi connectivity index (χ0v) is 19.7. The van der Waals surface area contributed by atoms with Gasteiger partial charge in [0.15, 0.2) is 0 Å². The first kappa shape index (κ1) is 23.5. The number of likely N-dealkylation sites (tertiary alicyclic amines) is 1. The molecule has 0 radical (unpaired) electrons. The minimum atomic E-state index is -0.709. The topological polar surface area (TPSA) is 113 Å². The van der Waals surface area contributed by atoms with Gasteiger partial charge in [0, 0.05) is 55.6 Å². The van der Waals surface area contributed by atoms with E-state index >= 15 is 0 Å². The van der Waals surface area contributed by atoms with Crippen LogP contribution in [0.3, 0.4) is 0 Å². The third kappa shape index (κ3) is 5.13. The Morgan fingerprint density at radius 2 is 1.62 bits per heavy atom. The van der Waals surface area contributed by atoms with Crippen molar-refractivity contribution in [2.45, 2.75) is 45.7 Å². The Balaban J connectivity index is 1.41. The maximum atomic E-state index is 13.2. The summed E-state index contributed by atoms with van der Waals surface area (Å²) in [6, 6.07) is 11.1. The van der Waals surface area contributed by atoms with E-state index in [1.165, 1.54) is 6.92 Å². The number of hydrogen-bond acceptors (Lipinski definition) is 4. The number of carbonyl (C=O) groups excluding carboxylic acids is 3. The van der Waals surface area contributed by atoms with Gasteiger partial charge in [0.1, 0.15) is 6.04 Å². The zero-order valence-electron chi connectivity index (χ0n) is 19.7. The third-order valence-corrected chi connectivity index (χ3v) is 6.47. The van der Waals surface area contributed by atoms with Crippen molar-refractivity contribution in [3.63, 3.8) is 0 Å². The number of pyridine rings is 1. The number of piperidine rings is 1. The lowest BCUT2D eigenvalue weighted by Crippen LogP contribution is -2.56. The van der Waals surface area contributed by atoms with E-state index in [0.717, 1.165) is 12.1 Å². The summed E-state index contributed by atoms with van der Waals surface area (Å²) >= 11 is 0. The van der Waals surface area contributed by atoms with E-state index in [0.29, 0.717) is 31.0 Å². The first-order chi connectivity index (χ1) is 16.2. The SMILES string of the molecule is CC(=O)Nc1ccc(NC(=O)[C@@H](NC(=O)N2C[C@@H]3C[C@H](C2)c2cccc(=O)n2C3)C(C)C)cc1. The van der Waals surface area contributed by atoms with Gasteiger partial charge in [0.25, 0.3) is 5.56 Å². The fourth-order valence-corrected chi connectivity index (χ4v) is 4.88. The molecule has 1 saturated heterocycles. The number of aromatic nitrogens is 1. The number of benzene rings is 1. The molecule has 1 aromatic heterocycles. The van der Waals surface area contributed by atoms with Crippen LogP contribution in [0.2, 0.25) is 0 Å². The first-order valence-corrected chi connectivity index (χ1v) is 11.6. The van der Waals surface area contributed by atoms with Crippen LogP contribution in [0.4, 0.5) is 16.2 Å². The molecule has 34 heavy (non-hydrogen) atoms. The average Bonchev–Trinajstić information content (AvgIpc) is 2.78. The van der Waals surface area contributed by atoms with E-state index in [-0.39, 0.29) is 41.2 Å². The number of fused-ring (bicyclic) bond motifs is 4. The molecule has 4 rings (SSSR count). The van der Waals surface area contributed by atoms with Gasteiger partial charge in [-0.1, -0.05) is 19.9 Å². The molecule has 9 nitrogen and oxygen atoms in total. The Hall–Kier alpha value is -3.62. The molecule has 2 aromatic rings. The molecule has 0 saturated carbocycles. The fraction of sp³-hybridized carbons (Fsp3) is 0.440. The second-order valence-corrected chi connectivity index (χ2v) is 9.52. The molecule has 3 heterocycles. The molecule has 4 amide bonds. The highest BCUT2D eigenvalue weighted by atomic mass is 16.2. The maximum absolute atomic E-state index is 13.2. The second kappa shape index (κ2) is 9.70. The summed E-state index contributed by atoms with van der Waals surface area (Å²) in [5, 5.41) is 8.45. The average molecular weight is 466 g/mol. The van der Waals surface area contributed by atoms with Gasteiger partial charge < -0.3 is 25.4 Å². The molecule has 1 aromatic carbocycles. The number of amides is 4. The number of hydrogen-bond donors (Lipinski definition) is 3. The van der Waals surface area contributed by atoms with Crippen molar-refractivity contribution >= 4 is 29.2 Å². The van der Waals surface area contributed by atoms with Crippen LogP contribution in [0, 0.1) is 11.8 Å². The Labute approximate surface area is 198 Å². The lowest BCUT2D eigenvalue weighted by molar-refractivity contribution is -0.119. The van der Waals surface area contributed by atoms with Crippen LogP contribution in [0.25, 0.3) is 0 Å². The highest BCUT2D eigenvalue weighted by Gasteiger charge is 2.37. The van der Waals surface area contributed by atoms with Crippen LogP contribution in [-0.4, -0.2) is 46.4 Å². The highest BCUT2D eigenvalue weighted by molar-refractivity contribution is 5.97.